The molecule has 0 aliphatic carbocycles. The maximum Gasteiger partial charge on any atom is 0.347 e. The minimum atomic E-state index is -0.774. The Bertz CT molecular complexity index is 595. The van der Waals surface area contributed by atoms with Crippen LogP contribution in [0.5, 0.6) is 11.5 Å². The number of phenols is 1. The van der Waals surface area contributed by atoms with Crippen LogP contribution in [-0.4, -0.2) is 11.1 Å². The lowest BCUT2D eigenvalue weighted by Crippen LogP contribution is -2.12. The fourth-order valence-corrected chi connectivity index (χ4v) is 1.76. The highest BCUT2D eigenvalue weighted by atomic mass is 19.1. The van der Waals surface area contributed by atoms with Gasteiger partial charge in [0, 0.05) is 5.56 Å². The van der Waals surface area contributed by atoms with Gasteiger partial charge >= 0.3 is 5.97 Å². The van der Waals surface area contributed by atoms with Crippen LogP contribution in [-0.2, 0) is 0 Å². The number of para-hydroxylation sites is 1. The van der Waals surface area contributed by atoms with Crippen molar-refractivity contribution in [1.82, 2.24) is 0 Å². The Morgan fingerprint density at radius 2 is 1.84 bits per heavy atom. The molecule has 0 spiro atoms. The third-order valence-electron chi connectivity index (χ3n) is 2.84. The Hall–Kier alpha value is -2.36. The van der Waals surface area contributed by atoms with Crippen molar-refractivity contribution in [3.05, 3.63) is 58.9 Å². The molecule has 0 saturated heterocycles. The van der Waals surface area contributed by atoms with E-state index in [4.69, 9.17) is 4.74 Å². The number of hydrogen-bond donors (Lipinski definition) is 1. The Labute approximate surface area is 110 Å². The van der Waals surface area contributed by atoms with E-state index in [0.717, 1.165) is 0 Å². The van der Waals surface area contributed by atoms with E-state index in [1.165, 1.54) is 19.9 Å². The molecule has 0 unspecified atom stereocenters. The minimum Gasteiger partial charge on any atom is -0.507 e. The van der Waals surface area contributed by atoms with Crippen LogP contribution in [0, 0.1) is 19.7 Å². The van der Waals surface area contributed by atoms with Gasteiger partial charge in [0.2, 0.25) is 0 Å². The molecule has 3 nitrogen and oxygen atoms in total. The monoisotopic (exact) mass is 260 g/mol. The number of halogens is 1. The van der Waals surface area contributed by atoms with Crippen molar-refractivity contribution >= 4 is 5.97 Å². The molecule has 0 fully saturated rings. The van der Waals surface area contributed by atoms with Gasteiger partial charge in [-0.3, -0.25) is 0 Å². The second kappa shape index (κ2) is 5.10. The van der Waals surface area contributed by atoms with Crippen molar-refractivity contribution in [2.24, 2.45) is 0 Å². The van der Waals surface area contributed by atoms with Crippen LogP contribution in [0.2, 0.25) is 0 Å². The van der Waals surface area contributed by atoms with Crippen LogP contribution >= 0.6 is 0 Å². The lowest BCUT2D eigenvalue weighted by molar-refractivity contribution is 0.0730. The summed E-state index contributed by atoms with van der Waals surface area (Å²) in [5, 5.41) is 9.88. The lowest BCUT2D eigenvalue weighted by atomic mass is 10.0. The Morgan fingerprint density at radius 1 is 1.21 bits per heavy atom. The van der Waals surface area contributed by atoms with Crippen LogP contribution in [0.15, 0.2) is 36.4 Å². The number of ether oxygens (including phenoxy) is 1. The molecule has 0 heterocycles. The van der Waals surface area contributed by atoms with Gasteiger partial charge in [-0.2, -0.15) is 0 Å². The quantitative estimate of drug-likeness (QED) is 0.665. The number of carbonyl (C=O) groups is 1. The number of hydrogen-bond acceptors (Lipinski definition) is 3. The molecule has 0 atom stereocenters. The van der Waals surface area contributed by atoms with E-state index < -0.39 is 11.8 Å². The van der Waals surface area contributed by atoms with Crippen molar-refractivity contribution in [2.45, 2.75) is 13.8 Å². The van der Waals surface area contributed by atoms with E-state index in [0.29, 0.717) is 11.3 Å². The second-order valence-electron chi connectivity index (χ2n) is 4.23. The SMILES string of the molecule is Cc1cc(F)c(C)c(C(=O)Oc2ccccc2)c1O. The number of phenolic OH excluding ortho intramolecular Hbond substituents is 1. The molecular formula is C15H13FO3. The van der Waals surface area contributed by atoms with Crippen LogP contribution in [0.3, 0.4) is 0 Å². The van der Waals surface area contributed by atoms with Gasteiger partial charge in [0.05, 0.1) is 0 Å². The largest absolute Gasteiger partial charge is 0.507 e. The first-order valence-corrected chi connectivity index (χ1v) is 5.76. The summed E-state index contributed by atoms with van der Waals surface area (Å²) in [5.41, 5.74) is 0.230. The summed E-state index contributed by atoms with van der Waals surface area (Å²) in [5.74, 6) is -1.23. The first kappa shape index (κ1) is 13.1. The van der Waals surface area contributed by atoms with E-state index in [1.807, 2.05) is 0 Å². The first-order valence-electron chi connectivity index (χ1n) is 5.76. The minimum absolute atomic E-state index is 0.0732. The summed E-state index contributed by atoms with van der Waals surface area (Å²) in [6.07, 6.45) is 0. The number of rotatable bonds is 2. The molecule has 0 aromatic heterocycles. The van der Waals surface area contributed by atoms with Crippen LogP contribution in [0.1, 0.15) is 21.5 Å². The van der Waals surface area contributed by atoms with Crippen LogP contribution in [0.25, 0.3) is 0 Å². The topological polar surface area (TPSA) is 46.5 Å². The molecular weight excluding hydrogens is 247 g/mol. The summed E-state index contributed by atoms with van der Waals surface area (Å²) in [4.78, 5) is 12.0. The van der Waals surface area contributed by atoms with Crippen LogP contribution < -0.4 is 4.74 Å². The van der Waals surface area contributed by atoms with E-state index in [1.54, 1.807) is 30.3 Å². The molecule has 0 bridgehead atoms. The fourth-order valence-electron chi connectivity index (χ4n) is 1.76. The highest BCUT2D eigenvalue weighted by Gasteiger charge is 2.21. The number of aromatic hydroxyl groups is 1. The summed E-state index contributed by atoms with van der Waals surface area (Å²) < 4.78 is 18.7. The van der Waals surface area contributed by atoms with Gasteiger partial charge in [0.15, 0.2) is 0 Å². The standard InChI is InChI=1S/C15H13FO3/c1-9-8-12(16)10(2)13(14(9)17)15(18)19-11-6-4-3-5-7-11/h3-8,17H,1-2H3. The van der Waals surface area contributed by atoms with Gasteiger partial charge < -0.3 is 9.84 Å². The van der Waals surface area contributed by atoms with Crippen molar-refractivity contribution in [3.63, 3.8) is 0 Å². The zero-order chi connectivity index (χ0) is 14.0. The Kier molecular flexibility index (Phi) is 3.51. The summed E-state index contributed by atoms with van der Waals surface area (Å²) in [6, 6.07) is 9.61. The molecule has 0 aliphatic heterocycles. The maximum absolute atomic E-state index is 13.6. The maximum atomic E-state index is 13.6. The highest BCUT2D eigenvalue weighted by molar-refractivity contribution is 5.96. The number of esters is 1. The number of benzene rings is 2. The smallest absolute Gasteiger partial charge is 0.347 e. The average molecular weight is 260 g/mol. The zero-order valence-electron chi connectivity index (χ0n) is 10.6. The lowest BCUT2D eigenvalue weighted by Gasteiger charge is -2.11. The molecule has 0 amide bonds. The van der Waals surface area contributed by atoms with Crippen LogP contribution in [0.4, 0.5) is 4.39 Å². The molecule has 2 aromatic carbocycles. The van der Waals surface area contributed by atoms with Gasteiger partial charge in [-0.05, 0) is 37.6 Å². The summed E-state index contributed by atoms with van der Waals surface area (Å²) in [7, 11) is 0. The highest BCUT2D eigenvalue weighted by Crippen LogP contribution is 2.28. The predicted octanol–water partition coefficient (Wildman–Crippen LogP) is 3.37. The van der Waals surface area contributed by atoms with Crippen molar-refractivity contribution in [2.75, 3.05) is 0 Å². The number of aryl methyl sites for hydroxylation is 1. The first-order chi connectivity index (χ1) is 9.00. The molecule has 2 rings (SSSR count). The second-order valence-corrected chi connectivity index (χ2v) is 4.23. The van der Waals surface area contributed by atoms with Gasteiger partial charge in [0.1, 0.15) is 22.9 Å². The van der Waals surface area contributed by atoms with Gasteiger partial charge in [-0.1, -0.05) is 18.2 Å². The van der Waals surface area contributed by atoms with Gasteiger partial charge in [0.25, 0.3) is 0 Å². The van der Waals surface area contributed by atoms with E-state index in [-0.39, 0.29) is 16.9 Å². The normalized spacial score (nSPS) is 10.3. The third-order valence-corrected chi connectivity index (χ3v) is 2.84. The number of carbonyl (C=O) groups excluding carboxylic acids is 1. The predicted molar refractivity (Wildman–Crippen MR) is 68.9 cm³/mol. The molecule has 98 valence electrons. The average Bonchev–Trinajstić information content (AvgIpc) is 2.38. The zero-order valence-corrected chi connectivity index (χ0v) is 10.6. The Balaban J connectivity index is 2.40. The van der Waals surface area contributed by atoms with Gasteiger partial charge in [-0.15, -0.1) is 0 Å². The molecule has 19 heavy (non-hydrogen) atoms. The third kappa shape index (κ3) is 2.57. The van der Waals surface area contributed by atoms with Crippen molar-refractivity contribution in [1.29, 1.82) is 0 Å². The van der Waals surface area contributed by atoms with E-state index >= 15 is 0 Å². The Morgan fingerprint density at radius 3 is 2.47 bits per heavy atom. The molecule has 0 saturated carbocycles. The van der Waals surface area contributed by atoms with E-state index in [2.05, 4.69) is 0 Å². The molecule has 1 N–H and O–H groups in total. The molecule has 0 radical (unpaired) electrons. The van der Waals surface area contributed by atoms with E-state index in [9.17, 15) is 14.3 Å². The molecule has 0 aliphatic rings. The fraction of sp³-hybridized carbons (Fsp3) is 0.133. The van der Waals surface area contributed by atoms with Crippen molar-refractivity contribution in [3.8, 4) is 11.5 Å². The summed E-state index contributed by atoms with van der Waals surface area (Å²) in [6.45, 7) is 2.95. The summed E-state index contributed by atoms with van der Waals surface area (Å²) >= 11 is 0. The molecule has 2 aromatic rings. The molecule has 4 heteroatoms. The van der Waals surface area contributed by atoms with Gasteiger partial charge in [-0.25, -0.2) is 9.18 Å². The van der Waals surface area contributed by atoms with Crippen molar-refractivity contribution < 1.29 is 19.0 Å².